The van der Waals surface area contributed by atoms with Gasteiger partial charge >= 0.3 is 6.36 Å². The Morgan fingerprint density at radius 2 is 1.87 bits per heavy atom. The molecule has 5 rings (SSSR count). The molecule has 7 nitrogen and oxygen atoms in total. The van der Waals surface area contributed by atoms with Gasteiger partial charge in [0, 0.05) is 22.5 Å². The number of hydrogen-bond acceptors (Lipinski definition) is 5. The van der Waals surface area contributed by atoms with E-state index in [2.05, 4.69) is 14.4 Å². The van der Waals surface area contributed by atoms with Crippen LogP contribution >= 0.6 is 0 Å². The number of aliphatic hydroxyl groups is 1. The number of pyridine rings is 1. The summed E-state index contributed by atoms with van der Waals surface area (Å²) >= 11 is 0. The molecule has 1 fully saturated rings. The number of hydrogen-bond donors (Lipinski definition) is 2. The Balaban J connectivity index is 1.46. The van der Waals surface area contributed by atoms with E-state index in [9.17, 15) is 26.7 Å². The molecule has 2 heterocycles. The smallest absolute Gasteiger partial charge is 0.406 e. The summed E-state index contributed by atoms with van der Waals surface area (Å²) in [4.78, 5) is 4.15. The Hall–Kier alpha value is -3.15. The highest BCUT2D eigenvalue weighted by Gasteiger charge is 2.37. The fourth-order valence-electron chi connectivity index (χ4n) is 5.51. The van der Waals surface area contributed by atoms with Gasteiger partial charge in [-0.1, -0.05) is 31.5 Å². The molecule has 3 unspecified atom stereocenters. The summed E-state index contributed by atoms with van der Waals surface area (Å²) in [6.45, 7) is 1.80. The number of sulfonamides is 1. The van der Waals surface area contributed by atoms with E-state index < -0.39 is 40.3 Å². The van der Waals surface area contributed by atoms with Gasteiger partial charge in [-0.2, -0.15) is 0 Å². The van der Waals surface area contributed by atoms with Gasteiger partial charge < -0.3 is 14.4 Å². The van der Waals surface area contributed by atoms with Gasteiger partial charge in [-0.25, -0.2) is 13.1 Å². The number of fused-ring (bicyclic) bond motifs is 3. The summed E-state index contributed by atoms with van der Waals surface area (Å²) in [5, 5.41) is 13.5. The molecule has 2 aromatic heterocycles. The Morgan fingerprint density at radius 3 is 2.63 bits per heavy atom. The third kappa shape index (κ3) is 5.10. The zero-order valence-corrected chi connectivity index (χ0v) is 21.5. The second-order valence-corrected chi connectivity index (χ2v) is 11.2. The van der Waals surface area contributed by atoms with E-state index in [0.29, 0.717) is 25.7 Å². The van der Waals surface area contributed by atoms with Crippen LogP contribution in [0.1, 0.15) is 44.2 Å². The Kier molecular flexibility index (Phi) is 7.10. The van der Waals surface area contributed by atoms with E-state index in [4.69, 9.17) is 0 Å². The minimum Gasteiger partial charge on any atom is -0.406 e. The van der Waals surface area contributed by atoms with Gasteiger partial charge in [0.25, 0.3) is 0 Å². The van der Waals surface area contributed by atoms with Crippen LogP contribution in [-0.4, -0.2) is 41.6 Å². The highest BCUT2D eigenvalue weighted by Crippen LogP contribution is 2.38. The zero-order valence-electron chi connectivity index (χ0n) is 20.6. The molecule has 4 aromatic rings. The number of halogens is 3. The number of nitrogens with zero attached hydrogens (tertiary/aromatic N) is 2. The van der Waals surface area contributed by atoms with Gasteiger partial charge in [0.15, 0.2) is 0 Å². The quantitative estimate of drug-likeness (QED) is 0.320. The summed E-state index contributed by atoms with van der Waals surface area (Å²) < 4.78 is 73.7. The molecule has 3 atom stereocenters. The Labute approximate surface area is 218 Å². The molecule has 2 aromatic carbocycles. The minimum atomic E-state index is -4.88. The molecule has 0 aliphatic heterocycles. The lowest BCUT2D eigenvalue weighted by Crippen LogP contribution is -2.49. The number of benzene rings is 2. The van der Waals surface area contributed by atoms with E-state index in [1.807, 2.05) is 34.9 Å². The Morgan fingerprint density at radius 1 is 1.11 bits per heavy atom. The van der Waals surface area contributed by atoms with Crippen molar-refractivity contribution in [3.63, 3.8) is 0 Å². The predicted octanol–water partition coefficient (Wildman–Crippen LogP) is 5.47. The number of aliphatic hydroxyl groups excluding tert-OH is 1. The normalized spacial score (nSPS) is 20.7. The maximum absolute atomic E-state index is 13.5. The SMILES string of the molecule is CCCc1cc(OC(F)(F)F)ccc1S(=O)(=O)NC1CCCC(n2c3ccccc3c3ccncc32)C1O. The second-order valence-electron chi connectivity index (χ2n) is 9.56. The fourth-order valence-corrected chi connectivity index (χ4v) is 7.05. The van der Waals surface area contributed by atoms with Crippen LogP contribution < -0.4 is 9.46 Å². The molecule has 1 aliphatic rings. The highest BCUT2D eigenvalue weighted by atomic mass is 32.2. The first-order valence-corrected chi connectivity index (χ1v) is 14.0. The summed E-state index contributed by atoms with van der Waals surface area (Å²) in [7, 11) is -4.15. The summed E-state index contributed by atoms with van der Waals surface area (Å²) in [6, 6.07) is 11.8. The molecule has 1 saturated carbocycles. The highest BCUT2D eigenvalue weighted by molar-refractivity contribution is 7.89. The molecule has 0 amide bonds. The predicted molar refractivity (Wildman–Crippen MR) is 137 cm³/mol. The van der Waals surface area contributed by atoms with Gasteiger partial charge in [0.2, 0.25) is 10.0 Å². The van der Waals surface area contributed by atoms with Crippen LogP contribution in [0.25, 0.3) is 21.8 Å². The first-order valence-electron chi connectivity index (χ1n) is 12.5. The summed E-state index contributed by atoms with van der Waals surface area (Å²) in [5.41, 5.74) is 2.00. The zero-order chi connectivity index (χ0) is 27.1. The molecule has 1 aliphatic carbocycles. The number of ether oxygens (including phenoxy) is 1. The van der Waals surface area contributed by atoms with Crippen molar-refractivity contribution in [2.45, 2.75) is 68.5 Å². The second kappa shape index (κ2) is 10.2. The van der Waals surface area contributed by atoms with Crippen molar-refractivity contribution in [1.29, 1.82) is 0 Å². The van der Waals surface area contributed by atoms with E-state index >= 15 is 0 Å². The lowest BCUT2D eigenvalue weighted by atomic mass is 9.88. The van der Waals surface area contributed by atoms with E-state index in [1.165, 1.54) is 0 Å². The first-order chi connectivity index (χ1) is 18.1. The van der Waals surface area contributed by atoms with Crippen LogP contribution in [0.2, 0.25) is 0 Å². The molecule has 11 heteroatoms. The lowest BCUT2D eigenvalue weighted by Gasteiger charge is -2.36. The van der Waals surface area contributed by atoms with Crippen molar-refractivity contribution in [2.24, 2.45) is 0 Å². The largest absolute Gasteiger partial charge is 0.573 e. The molecular weight excluding hydrogens is 519 g/mol. The van der Waals surface area contributed by atoms with Crippen LogP contribution in [0.5, 0.6) is 5.75 Å². The van der Waals surface area contributed by atoms with E-state index in [-0.39, 0.29) is 16.9 Å². The molecule has 0 saturated heterocycles. The van der Waals surface area contributed by atoms with Crippen LogP contribution in [0.15, 0.2) is 65.8 Å². The molecule has 0 bridgehead atoms. The minimum absolute atomic E-state index is 0.121. The van der Waals surface area contributed by atoms with Crippen LogP contribution in [-0.2, 0) is 16.4 Å². The van der Waals surface area contributed by atoms with Crippen molar-refractivity contribution in [3.8, 4) is 5.75 Å². The van der Waals surface area contributed by atoms with Crippen LogP contribution in [0, 0.1) is 0 Å². The number of aromatic nitrogens is 2. The topological polar surface area (TPSA) is 93.5 Å². The standard InChI is InChI=1S/C27H28F3N3O4S/c1-2-6-17-15-18(37-27(28,29)30)11-12-25(17)38(35,36)32-21-8-5-10-23(26(21)34)33-22-9-4-3-7-19(22)20-13-14-31-16-24(20)33/h3-4,7,9,11-16,21,23,26,32,34H,2,5-6,8,10H2,1H3. The molecule has 2 N–H and O–H groups in total. The molecule has 0 spiro atoms. The van der Waals surface area contributed by atoms with Gasteiger partial charge in [0.05, 0.1) is 34.8 Å². The van der Waals surface area contributed by atoms with Crippen molar-refractivity contribution in [3.05, 3.63) is 66.5 Å². The van der Waals surface area contributed by atoms with E-state index in [1.54, 1.807) is 19.3 Å². The molecule has 0 radical (unpaired) electrons. The number of rotatable bonds is 7. The van der Waals surface area contributed by atoms with Crippen molar-refractivity contribution >= 4 is 31.8 Å². The van der Waals surface area contributed by atoms with Crippen molar-refractivity contribution in [1.82, 2.24) is 14.3 Å². The van der Waals surface area contributed by atoms with Crippen LogP contribution in [0.4, 0.5) is 13.2 Å². The van der Waals surface area contributed by atoms with Gasteiger partial charge in [0.1, 0.15) is 5.75 Å². The lowest BCUT2D eigenvalue weighted by molar-refractivity contribution is -0.274. The van der Waals surface area contributed by atoms with Crippen LogP contribution in [0.3, 0.4) is 0 Å². The Bertz CT molecular complexity index is 1520. The number of para-hydroxylation sites is 1. The maximum atomic E-state index is 13.5. The monoisotopic (exact) mass is 547 g/mol. The maximum Gasteiger partial charge on any atom is 0.573 e. The van der Waals surface area contributed by atoms with Gasteiger partial charge in [-0.05, 0) is 61.6 Å². The number of nitrogens with one attached hydrogen (secondary N) is 1. The van der Waals surface area contributed by atoms with E-state index in [0.717, 1.165) is 40.0 Å². The number of aryl methyl sites for hydroxylation is 1. The average molecular weight is 548 g/mol. The third-order valence-electron chi connectivity index (χ3n) is 7.05. The summed E-state index contributed by atoms with van der Waals surface area (Å²) in [5.74, 6) is -0.474. The summed E-state index contributed by atoms with van der Waals surface area (Å²) in [6.07, 6.45) is 0.0413. The van der Waals surface area contributed by atoms with Crippen molar-refractivity contribution in [2.75, 3.05) is 0 Å². The van der Waals surface area contributed by atoms with Gasteiger partial charge in [-0.3, -0.25) is 4.98 Å². The third-order valence-corrected chi connectivity index (χ3v) is 8.64. The average Bonchev–Trinajstić information content (AvgIpc) is 3.19. The fraction of sp³-hybridized carbons (Fsp3) is 0.370. The van der Waals surface area contributed by atoms with Crippen molar-refractivity contribution < 1.29 is 31.4 Å². The molecule has 38 heavy (non-hydrogen) atoms. The molecule has 202 valence electrons. The van der Waals surface area contributed by atoms with Gasteiger partial charge in [-0.15, -0.1) is 13.2 Å². The number of alkyl halides is 3. The molecular formula is C27H28F3N3O4S. The first kappa shape index (κ1) is 26.5.